The molecule has 82 valence electrons. The van der Waals surface area contributed by atoms with Crippen LogP contribution in [0.5, 0.6) is 0 Å². The molecular weight excluding hydrogens is 180 g/mol. The van der Waals surface area contributed by atoms with Crippen LogP contribution in [0.2, 0.25) is 0 Å². The summed E-state index contributed by atoms with van der Waals surface area (Å²) >= 11 is 0. The molecule has 0 radical (unpaired) electrons. The average Bonchev–Trinajstić information content (AvgIpc) is 1.99. The van der Waals surface area contributed by atoms with Gasteiger partial charge in [0, 0.05) is 12.1 Å². The maximum absolute atomic E-state index is 11.2. The molecular formula is C10H20N2O2. The molecule has 0 bridgehead atoms. The minimum absolute atomic E-state index is 0.0243. The highest BCUT2D eigenvalue weighted by molar-refractivity contribution is 5.96. The van der Waals surface area contributed by atoms with E-state index in [9.17, 15) is 9.59 Å². The highest BCUT2D eigenvalue weighted by Crippen LogP contribution is 2.07. The maximum atomic E-state index is 11.2. The lowest BCUT2D eigenvalue weighted by molar-refractivity contribution is -0.127. The van der Waals surface area contributed by atoms with Gasteiger partial charge in [-0.05, 0) is 34.9 Å². The van der Waals surface area contributed by atoms with Gasteiger partial charge in [-0.2, -0.15) is 0 Å². The topological polar surface area (TPSA) is 49.4 Å². The molecule has 1 amide bonds. The van der Waals surface area contributed by atoms with Crippen molar-refractivity contribution in [2.75, 3.05) is 20.6 Å². The Morgan fingerprint density at radius 2 is 1.79 bits per heavy atom. The van der Waals surface area contributed by atoms with Crippen LogP contribution in [-0.4, -0.2) is 42.8 Å². The number of Topliss-reactive ketones (excluding diaryl/α,β-unsaturated/α-hetero) is 1. The van der Waals surface area contributed by atoms with Crippen molar-refractivity contribution in [3.05, 3.63) is 0 Å². The minimum Gasteiger partial charge on any atom is -0.354 e. The smallest absolute Gasteiger partial charge is 0.227 e. The Morgan fingerprint density at radius 3 is 2.14 bits per heavy atom. The molecule has 0 fully saturated rings. The van der Waals surface area contributed by atoms with Crippen molar-refractivity contribution < 1.29 is 9.59 Å². The van der Waals surface area contributed by atoms with Gasteiger partial charge in [-0.15, -0.1) is 0 Å². The Balaban J connectivity index is 3.94. The van der Waals surface area contributed by atoms with Crippen LogP contribution in [0.4, 0.5) is 0 Å². The van der Waals surface area contributed by atoms with Crippen LogP contribution < -0.4 is 5.32 Å². The van der Waals surface area contributed by atoms with Crippen LogP contribution >= 0.6 is 0 Å². The summed E-state index contributed by atoms with van der Waals surface area (Å²) in [6, 6.07) is 0. The van der Waals surface area contributed by atoms with Crippen LogP contribution in [0, 0.1) is 0 Å². The van der Waals surface area contributed by atoms with Gasteiger partial charge in [0.25, 0.3) is 0 Å². The molecule has 1 N–H and O–H groups in total. The van der Waals surface area contributed by atoms with Gasteiger partial charge in [-0.25, -0.2) is 0 Å². The van der Waals surface area contributed by atoms with Crippen LogP contribution in [0.15, 0.2) is 0 Å². The number of hydrogen-bond acceptors (Lipinski definition) is 3. The molecule has 0 rings (SSSR count). The summed E-state index contributed by atoms with van der Waals surface area (Å²) in [5.74, 6) is -0.308. The predicted molar refractivity (Wildman–Crippen MR) is 56.1 cm³/mol. The van der Waals surface area contributed by atoms with Crippen LogP contribution in [0.25, 0.3) is 0 Å². The first-order chi connectivity index (χ1) is 6.25. The average molecular weight is 200 g/mol. The van der Waals surface area contributed by atoms with Gasteiger partial charge in [0.15, 0.2) is 0 Å². The number of hydrogen-bond donors (Lipinski definition) is 1. The summed E-state index contributed by atoms with van der Waals surface area (Å²) < 4.78 is 0. The molecule has 0 aromatic rings. The number of amides is 1. The number of likely N-dealkylation sites (N-methyl/N-ethyl adjacent to an activating group) is 1. The van der Waals surface area contributed by atoms with E-state index in [0.717, 1.165) is 0 Å². The lowest BCUT2D eigenvalue weighted by Crippen LogP contribution is -2.48. The molecule has 0 unspecified atom stereocenters. The van der Waals surface area contributed by atoms with Crippen molar-refractivity contribution in [1.29, 1.82) is 0 Å². The molecule has 0 aliphatic rings. The van der Waals surface area contributed by atoms with Gasteiger partial charge >= 0.3 is 0 Å². The molecule has 0 atom stereocenters. The summed E-state index contributed by atoms with van der Waals surface area (Å²) in [5, 5.41) is 2.73. The predicted octanol–water partition coefficient (Wildman–Crippen LogP) is 0.422. The molecule has 4 nitrogen and oxygen atoms in total. The minimum atomic E-state index is -0.201. The molecule has 0 saturated heterocycles. The summed E-state index contributed by atoms with van der Waals surface area (Å²) in [4.78, 5) is 23.8. The van der Waals surface area contributed by atoms with E-state index in [0.29, 0.717) is 6.54 Å². The zero-order chi connectivity index (χ0) is 11.4. The van der Waals surface area contributed by atoms with Gasteiger partial charge < -0.3 is 10.2 Å². The molecule has 0 spiro atoms. The van der Waals surface area contributed by atoms with Gasteiger partial charge in [0.2, 0.25) is 5.91 Å². The number of nitrogens with one attached hydrogen (secondary N) is 1. The SMILES string of the molecule is CC(=O)CC(=O)NCC(C)(C)N(C)C. The second-order valence-electron chi connectivity index (χ2n) is 4.36. The first-order valence-electron chi connectivity index (χ1n) is 4.69. The van der Waals surface area contributed by atoms with Gasteiger partial charge in [0.1, 0.15) is 5.78 Å². The van der Waals surface area contributed by atoms with Crippen molar-refractivity contribution in [2.24, 2.45) is 0 Å². The van der Waals surface area contributed by atoms with Crippen molar-refractivity contribution in [3.8, 4) is 0 Å². The molecule has 0 aromatic heterocycles. The van der Waals surface area contributed by atoms with Gasteiger partial charge in [-0.1, -0.05) is 0 Å². The molecule has 0 aromatic carbocycles. The Hall–Kier alpha value is -0.900. The van der Waals surface area contributed by atoms with Crippen molar-refractivity contribution >= 4 is 11.7 Å². The summed E-state index contributed by atoms with van der Waals surface area (Å²) in [6.07, 6.45) is -0.0243. The lowest BCUT2D eigenvalue weighted by atomic mass is 10.0. The van der Waals surface area contributed by atoms with E-state index in [1.165, 1.54) is 6.92 Å². The number of carbonyl (C=O) groups is 2. The van der Waals surface area contributed by atoms with E-state index < -0.39 is 0 Å². The fraction of sp³-hybridized carbons (Fsp3) is 0.800. The Labute approximate surface area is 85.7 Å². The number of rotatable bonds is 5. The molecule has 14 heavy (non-hydrogen) atoms. The largest absolute Gasteiger partial charge is 0.354 e. The van der Waals surface area contributed by atoms with Crippen molar-refractivity contribution in [3.63, 3.8) is 0 Å². The standard InChI is InChI=1S/C10H20N2O2/c1-8(13)6-9(14)11-7-10(2,3)12(4)5/h6-7H2,1-5H3,(H,11,14). The lowest BCUT2D eigenvalue weighted by Gasteiger charge is -2.32. The summed E-state index contributed by atoms with van der Waals surface area (Å²) in [7, 11) is 3.91. The van der Waals surface area contributed by atoms with E-state index in [1.54, 1.807) is 0 Å². The molecule has 0 saturated carbocycles. The Bertz CT molecular complexity index is 222. The zero-order valence-corrected chi connectivity index (χ0v) is 9.68. The van der Waals surface area contributed by atoms with Gasteiger partial charge in [0.05, 0.1) is 6.42 Å². The molecule has 4 heteroatoms. The molecule has 0 heterocycles. The van der Waals surface area contributed by atoms with Crippen LogP contribution in [-0.2, 0) is 9.59 Å². The van der Waals surface area contributed by atoms with Crippen LogP contribution in [0.3, 0.4) is 0 Å². The maximum Gasteiger partial charge on any atom is 0.227 e. The highest BCUT2D eigenvalue weighted by Gasteiger charge is 2.21. The number of nitrogens with zero attached hydrogens (tertiary/aromatic N) is 1. The highest BCUT2D eigenvalue weighted by atomic mass is 16.2. The Morgan fingerprint density at radius 1 is 1.29 bits per heavy atom. The first-order valence-corrected chi connectivity index (χ1v) is 4.69. The number of ketones is 1. The molecule has 0 aliphatic heterocycles. The monoisotopic (exact) mass is 200 g/mol. The third-order valence-electron chi connectivity index (χ3n) is 2.34. The fourth-order valence-electron chi connectivity index (χ4n) is 0.762. The van der Waals surface area contributed by atoms with Crippen LogP contribution in [0.1, 0.15) is 27.2 Å². The second-order valence-corrected chi connectivity index (χ2v) is 4.36. The third kappa shape index (κ3) is 4.97. The quantitative estimate of drug-likeness (QED) is 0.654. The zero-order valence-electron chi connectivity index (χ0n) is 9.68. The summed E-state index contributed by atoms with van der Waals surface area (Å²) in [5.41, 5.74) is -0.0908. The number of carbonyl (C=O) groups excluding carboxylic acids is 2. The van der Waals surface area contributed by atoms with Gasteiger partial charge in [-0.3, -0.25) is 9.59 Å². The van der Waals surface area contributed by atoms with E-state index >= 15 is 0 Å². The van der Waals surface area contributed by atoms with E-state index in [2.05, 4.69) is 5.32 Å². The van der Waals surface area contributed by atoms with E-state index in [1.807, 2.05) is 32.8 Å². The molecule has 0 aliphatic carbocycles. The summed E-state index contributed by atoms with van der Waals surface area (Å²) in [6.45, 7) is 6.02. The van der Waals surface area contributed by atoms with E-state index in [4.69, 9.17) is 0 Å². The Kier molecular flexibility index (Phi) is 4.77. The second kappa shape index (κ2) is 5.10. The van der Waals surface area contributed by atoms with Crippen molar-refractivity contribution in [2.45, 2.75) is 32.7 Å². The first kappa shape index (κ1) is 13.1. The third-order valence-corrected chi connectivity index (χ3v) is 2.34. The fourth-order valence-corrected chi connectivity index (χ4v) is 0.762. The van der Waals surface area contributed by atoms with Crippen molar-refractivity contribution in [1.82, 2.24) is 10.2 Å². The van der Waals surface area contributed by atoms with E-state index in [-0.39, 0.29) is 23.7 Å². The normalized spacial score (nSPS) is 11.6.